The normalized spacial score (nSPS) is 13.7. The summed E-state index contributed by atoms with van der Waals surface area (Å²) in [5, 5.41) is 18.1. The third-order valence-electron chi connectivity index (χ3n) is 4.96. The number of H-pyrrole nitrogens is 1. The highest BCUT2D eigenvalue weighted by Crippen LogP contribution is 2.42. The molecular weight excluding hydrogens is 378 g/mol. The number of nitrogens with one attached hydrogen (secondary N) is 1. The van der Waals surface area contributed by atoms with Crippen LogP contribution >= 0.6 is 0 Å². The lowest BCUT2D eigenvalue weighted by Gasteiger charge is -2.12. The Kier molecular flexibility index (Phi) is 7.00. The van der Waals surface area contributed by atoms with Crippen LogP contribution in [0.1, 0.15) is 53.1 Å². The molecule has 0 atom stereocenters. The molecule has 3 rings (SSSR count). The molecular formula is C21H25NO7. The fraction of sp³-hybridized carbons (Fsp3) is 0.476. The number of carbonyl (C=O) groups is 2. The van der Waals surface area contributed by atoms with E-state index in [9.17, 15) is 19.5 Å². The topological polar surface area (TPSA) is 126 Å². The largest absolute Gasteiger partial charge is 0.481 e. The van der Waals surface area contributed by atoms with E-state index < -0.39 is 17.4 Å². The van der Waals surface area contributed by atoms with Crippen LogP contribution in [0.2, 0.25) is 0 Å². The van der Waals surface area contributed by atoms with Gasteiger partial charge in [0.15, 0.2) is 0 Å². The van der Waals surface area contributed by atoms with Crippen molar-refractivity contribution in [3.05, 3.63) is 45.2 Å². The first-order valence-corrected chi connectivity index (χ1v) is 9.76. The summed E-state index contributed by atoms with van der Waals surface area (Å²) in [5.41, 5.74) is 2.22. The monoisotopic (exact) mass is 403 g/mol. The van der Waals surface area contributed by atoms with E-state index in [1.165, 1.54) is 11.8 Å². The highest BCUT2D eigenvalue weighted by Gasteiger charge is 2.27. The Labute approximate surface area is 167 Å². The van der Waals surface area contributed by atoms with Gasteiger partial charge in [-0.3, -0.25) is 9.59 Å². The number of aromatic amines is 1. The molecule has 1 aliphatic rings. The Balaban J connectivity index is 1.59. The van der Waals surface area contributed by atoms with Crippen LogP contribution in [0.3, 0.4) is 0 Å². The maximum absolute atomic E-state index is 12.5. The SMILES string of the molecule is O=C(O)CCOCCOCCCc1cc2c(=O)c(C(=O)O)c[nH]c2cc1C1CC1. The molecule has 0 radical (unpaired) electrons. The van der Waals surface area contributed by atoms with Gasteiger partial charge >= 0.3 is 11.9 Å². The van der Waals surface area contributed by atoms with Crippen molar-refractivity contribution in [2.45, 2.75) is 38.0 Å². The van der Waals surface area contributed by atoms with E-state index in [1.54, 1.807) is 0 Å². The third kappa shape index (κ3) is 5.65. The number of hydrogen-bond donors (Lipinski definition) is 3. The number of aliphatic carboxylic acids is 1. The number of hydrogen-bond acceptors (Lipinski definition) is 5. The average molecular weight is 403 g/mol. The zero-order valence-electron chi connectivity index (χ0n) is 16.1. The number of aryl methyl sites for hydroxylation is 1. The first-order valence-electron chi connectivity index (χ1n) is 9.76. The molecule has 0 amide bonds. The smallest absolute Gasteiger partial charge is 0.341 e. The Bertz CT molecular complexity index is 946. The maximum atomic E-state index is 12.5. The number of ether oxygens (including phenoxy) is 2. The van der Waals surface area contributed by atoms with Gasteiger partial charge in [-0.15, -0.1) is 0 Å². The van der Waals surface area contributed by atoms with Gasteiger partial charge < -0.3 is 24.7 Å². The fourth-order valence-corrected chi connectivity index (χ4v) is 3.32. The quantitative estimate of drug-likeness (QED) is 0.465. The molecule has 0 spiro atoms. The standard InChI is InChI=1S/C21H25NO7/c23-19(24)5-7-29-9-8-28-6-1-2-14-10-16-18(11-15(14)13-3-4-13)22-12-17(20(16)25)21(26)27/h10-13H,1-9H2,(H,22,25)(H,23,24)(H,26,27). The van der Waals surface area contributed by atoms with Crippen molar-refractivity contribution in [3.63, 3.8) is 0 Å². The summed E-state index contributed by atoms with van der Waals surface area (Å²) in [6, 6.07) is 3.80. The van der Waals surface area contributed by atoms with E-state index in [0.717, 1.165) is 31.2 Å². The summed E-state index contributed by atoms with van der Waals surface area (Å²) in [6.07, 6.45) is 4.99. The van der Waals surface area contributed by atoms with Gasteiger partial charge in [0, 0.05) is 23.7 Å². The van der Waals surface area contributed by atoms with E-state index in [-0.39, 0.29) is 18.6 Å². The van der Waals surface area contributed by atoms with Crippen molar-refractivity contribution in [1.29, 1.82) is 0 Å². The van der Waals surface area contributed by atoms with E-state index in [1.807, 2.05) is 12.1 Å². The van der Waals surface area contributed by atoms with Crippen LogP contribution in [0.25, 0.3) is 10.9 Å². The Morgan fingerprint density at radius 2 is 1.79 bits per heavy atom. The summed E-state index contributed by atoms with van der Waals surface area (Å²) in [6.45, 7) is 1.45. The highest BCUT2D eigenvalue weighted by atomic mass is 16.5. The van der Waals surface area contributed by atoms with Crippen LogP contribution < -0.4 is 5.43 Å². The zero-order chi connectivity index (χ0) is 20.8. The lowest BCUT2D eigenvalue weighted by molar-refractivity contribution is -0.138. The predicted octanol–water partition coefficient (Wildman–Crippen LogP) is 2.54. The van der Waals surface area contributed by atoms with Gasteiger partial charge in [0.25, 0.3) is 0 Å². The first-order chi connectivity index (χ1) is 14.0. The average Bonchev–Trinajstić information content (AvgIpc) is 3.51. The predicted molar refractivity (Wildman–Crippen MR) is 106 cm³/mol. The number of benzene rings is 1. The minimum Gasteiger partial charge on any atom is -0.481 e. The Morgan fingerprint density at radius 3 is 2.45 bits per heavy atom. The molecule has 29 heavy (non-hydrogen) atoms. The lowest BCUT2D eigenvalue weighted by atomic mass is 9.96. The van der Waals surface area contributed by atoms with Crippen LogP contribution in [-0.2, 0) is 20.7 Å². The van der Waals surface area contributed by atoms with Crippen LogP contribution in [0.5, 0.6) is 0 Å². The van der Waals surface area contributed by atoms with Crippen molar-refractivity contribution in [1.82, 2.24) is 4.98 Å². The van der Waals surface area contributed by atoms with Crippen molar-refractivity contribution in [2.75, 3.05) is 26.4 Å². The minimum atomic E-state index is -1.24. The summed E-state index contributed by atoms with van der Waals surface area (Å²) < 4.78 is 10.7. The minimum absolute atomic E-state index is 0.0192. The molecule has 8 nitrogen and oxygen atoms in total. The molecule has 1 heterocycles. The van der Waals surface area contributed by atoms with Crippen LogP contribution in [0.4, 0.5) is 0 Å². The fourth-order valence-electron chi connectivity index (χ4n) is 3.32. The molecule has 3 N–H and O–H groups in total. The van der Waals surface area contributed by atoms with E-state index in [2.05, 4.69) is 4.98 Å². The number of rotatable bonds is 12. The van der Waals surface area contributed by atoms with Gasteiger partial charge in [-0.2, -0.15) is 0 Å². The number of carboxylic acids is 2. The van der Waals surface area contributed by atoms with E-state index in [4.69, 9.17) is 14.6 Å². The number of carboxylic acid groups (broad SMARTS) is 2. The second-order valence-corrected chi connectivity index (χ2v) is 7.18. The molecule has 0 saturated heterocycles. The molecule has 1 aromatic heterocycles. The first kappa shape index (κ1) is 21.0. The van der Waals surface area contributed by atoms with Crippen molar-refractivity contribution in [3.8, 4) is 0 Å². The second kappa shape index (κ2) is 9.67. The second-order valence-electron chi connectivity index (χ2n) is 7.18. The highest BCUT2D eigenvalue weighted by molar-refractivity contribution is 5.92. The van der Waals surface area contributed by atoms with Gasteiger partial charge in [-0.1, -0.05) is 0 Å². The number of aromatic nitrogens is 1. The Morgan fingerprint density at radius 1 is 1.07 bits per heavy atom. The van der Waals surface area contributed by atoms with Gasteiger partial charge in [-0.25, -0.2) is 4.79 Å². The maximum Gasteiger partial charge on any atom is 0.341 e. The molecule has 1 saturated carbocycles. The molecule has 0 unspecified atom stereocenters. The van der Waals surface area contributed by atoms with E-state index in [0.29, 0.717) is 36.6 Å². The van der Waals surface area contributed by atoms with Gasteiger partial charge in [0.05, 0.1) is 26.2 Å². The molecule has 8 heteroatoms. The molecule has 1 aromatic carbocycles. The lowest BCUT2D eigenvalue weighted by Crippen LogP contribution is -2.16. The summed E-state index contributed by atoms with van der Waals surface area (Å²) in [7, 11) is 0. The number of aromatic carboxylic acids is 1. The van der Waals surface area contributed by atoms with Crippen molar-refractivity contribution >= 4 is 22.8 Å². The van der Waals surface area contributed by atoms with Gasteiger partial charge in [0.2, 0.25) is 5.43 Å². The molecule has 1 fully saturated rings. The molecule has 156 valence electrons. The summed E-state index contributed by atoms with van der Waals surface area (Å²) >= 11 is 0. The Hall–Kier alpha value is -2.71. The van der Waals surface area contributed by atoms with Crippen molar-refractivity contribution < 1.29 is 29.3 Å². The van der Waals surface area contributed by atoms with Gasteiger partial charge in [0.1, 0.15) is 5.56 Å². The van der Waals surface area contributed by atoms with Crippen LogP contribution in [0.15, 0.2) is 23.1 Å². The number of fused-ring (bicyclic) bond motifs is 1. The van der Waals surface area contributed by atoms with E-state index >= 15 is 0 Å². The van der Waals surface area contributed by atoms with Crippen molar-refractivity contribution in [2.24, 2.45) is 0 Å². The zero-order valence-corrected chi connectivity index (χ0v) is 16.1. The molecule has 0 bridgehead atoms. The molecule has 2 aromatic rings. The van der Waals surface area contributed by atoms with Crippen LogP contribution in [-0.4, -0.2) is 53.6 Å². The molecule has 1 aliphatic carbocycles. The molecule has 0 aliphatic heterocycles. The van der Waals surface area contributed by atoms with Gasteiger partial charge in [-0.05, 0) is 54.9 Å². The third-order valence-corrected chi connectivity index (χ3v) is 4.96. The summed E-state index contributed by atoms with van der Waals surface area (Å²) in [5.74, 6) is -1.62. The number of pyridine rings is 1. The summed E-state index contributed by atoms with van der Waals surface area (Å²) in [4.78, 5) is 37.0. The van der Waals surface area contributed by atoms with Crippen LogP contribution in [0, 0.1) is 0 Å².